The average Bonchev–Trinajstić information content (AvgIpc) is 3.12. The fourth-order valence-corrected chi connectivity index (χ4v) is 4.97. The Bertz CT molecular complexity index is 1230. The average molecular weight is 539 g/mol. The lowest BCUT2D eigenvalue weighted by molar-refractivity contribution is -0.141. The van der Waals surface area contributed by atoms with Crippen LogP contribution in [0.4, 0.5) is 9.18 Å². The van der Waals surface area contributed by atoms with Gasteiger partial charge in [-0.2, -0.15) is 5.10 Å². The highest BCUT2D eigenvalue weighted by Gasteiger charge is 2.53. The van der Waals surface area contributed by atoms with Crippen molar-refractivity contribution in [2.75, 3.05) is 26.7 Å². The first-order valence-electron chi connectivity index (χ1n) is 13.0. The first kappa shape index (κ1) is 28.1. The summed E-state index contributed by atoms with van der Waals surface area (Å²) < 4.78 is 24.3. The number of benzene rings is 2. The summed E-state index contributed by atoms with van der Waals surface area (Å²) in [5, 5.41) is 8.55. The number of carbonyl (C=O) groups is 3. The molecule has 1 unspecified atom stereocenters. The molecule has 0 aromatic heterocycles. The van der Waals surface area contributed by atoms with Crippen molar-refractivity contribution in [3.8, 4) is 5.75 Å². The van der Waals surface area contributed by atoms with Crippen LogP contribution in [0, 0.1) is 11.2 Å². The van der Waals surface area contributed by atoms with Gasteiger partial charge in [-0.25, -0.2) is 14.2 Å². The van der Waals surface area contributed by atoms with Crippen LogP contribution in [0.2, 0.25) is 0 Å². The van der Waals surface area contributed by atoms with Crippen molar-refractivity contribution < 1.29 is 28.2 Å². The Morgan fingerprint density at radius 2 is 1.82 bits per heavy atom. The number of nitrogens with one attached hydrogen (secondary N) is 1. The van der Waals surface area contributed by atoms with Gasteiger partial charge in [-0.3, -0.25) is 9.59 Å². The van der Waals surface area contributed by atoms with Crippen molar-refractivity contribution in [2.24, 2.45) is 10.5 Å². The van der Waals surface area contributed by atoms with E-state index in [2.05, 4.69) is 10.4 Å². The molecule has 2 heterocycles. The van der Waals surface area contributed by atoms with Crippen LogP contribution < -0.4 is 10.1 Å². The summed E-state index contributed by atoms with van der Waals surface area (Å²) in [6, 6.07) is 14.3. The second kappa shape index (κ2) is 11.4. The van der Waals surface area contributed by atoms with E-state index >= 15 is 0 Å². The SMILES string of the molecule is CN1N=C2CCN(C(=O)C(CCOc3ccc(F)cc3)NC(=O)OC(C)(C)C)C[C@@]2(Cc2ccccc2)C1=O. The minimum atomic E-state index is -0.967. The second-order valence-corrected chi connectivity index (χ2v) is 10.9. The first-order chi connectivity index (χ1) is 18.5. The monoisotopic (exact) mass is 538 g/mol. The van der Waals surface area contributed by atoms with Gasteiger partial charge in [0.05, 0.1) is 12.3 Å². The fourth-order valence-electron chi connectivity index (χ4n) is 4.97. The maximum atomic E-state index is 13.8. The minimum absolute atomic E-state index is 0.0925. The summed E-state index contributed by atoms with van der Waals surface area (Å²) in [4.78, 5) is 41.5. The molecule has 2 aliphatic rings. The number of rotatable bonds is 8. The number of hydrogen-bond acceptors (Lipinski definition) is 6. The van der Waals surface area contributed by atoms with Gasteiger partial charge in [-0.15, -0.1) is 0 Å². The fraction of sp³-hybridized carbons (Fsp3) is 0.448. The van der Waals surface area contributed by atoms with Crippen molar-refractivity contribution in [1.82, 2.24) is 15.2 Å². The molecule has 3 amide bonds. The molecule has 0 aliphatic carbocycles. The molecule has 2 aromatic carbocycles. The number of hydrazone groups is 1. The van der Waals surface area contributed by atoms with E-state index in [9.17, 15) is 18.8 Å². The molecule has 39 heavy (non-hydrogen) atoms. The van der Waals surface area contributed by atoms with Crippen LogP contribution in [0.1, 0.15) is 39.2 Å². The Kier molecular flexibility index (Phi) is 8.22. The normalized spacial score (nSPS) is 19.7. The van der Waals surface area contributed by atoms with Crippen LogP contribution in [0.25, 0.3) is 0 Å². The maximum Gasteiger partial charge on any atom is 0.408 e. The van der Waals surface area contributed by atoms with Crippen LogP contribution in [-0.2, 0) is 20.7 Å². The number of likely N-dealkylation sites (tertiary alicyclic amines) is 1. The van der Waals surface area contributed by atoms with Crippen LogP contribution in [0.5, 0.6) is 5.75 Å². The Balaban J connectivity index is 1.52. The van der Waals surface area contributed by atoms with Gasteiger partial charge in [-0.1, -0.05) is 30.3 Å². The van der Waals surface area contributed by atoms with E-state index in [-0.39, 0.29) is 37.2 Å². The smallest absolute Gasteiger partial charge is 0.408 e. The summed E-state index contributed by atoms with van der Waals surface area (Å²) in [5.41, 5.74) is 0.0169. The van der Waals surface area contributed by atoms with Gasteiger partial charge >= 0.3 is 6.09 Å². The number of carbonyl (C=O) groups excluding carboxylic acids is 3. The van der Waals surface area contributed by atoms with E-state index in [1.54, 1.807) is 32.7 Å². The van der Waals surface area contributed by atoms with Crippen molar-refractivity contribution in [3.63, 3.8) is 0 Å². The molecule has 0 saturated carbocycles. The third kappa shape index (κ3) is 6.74. The van der Waals surface area contributed by atoms with E-state index in [1.807, 2.05) is 30.3 Å². The zero-order chi connectivity index (χ0) is 28.2. The van der Waals surface area contributed by atoms with Crippen LogP contribution in [0.3, 0.4) is 0 Å². The van der Waals surface area contributed by atoms with Gasteiger partial charge in [0.25, 0.3) is 5.91 Å². The number of halogens is 1. The molecule has 208 valence electrons. The van der Waals surface area contributed by atoms with Gasteiger partial charge in [0.15, 0.2) is 0 Å². The van der Waals surface area contributed by atoms with Crippen LogP contribution >= 0.6 is 0 Å². The highest BCUT2D eigenvalue weighted by atomic mass is 19.1. The number of nitrogens with zero attached hydrogens (tertiary/aromatic N) is 3. The molecular weight excluding hydrogens is 503 g/mol. The van der Waals surface area contributed by atoms with E-state index in [4.69, 9.17) is 9.47 Å². The van der Waals surface area contributed by atoms with Crippen molar-refractivity contribution in [2.45, 2.75) is 51.7 Å². The molecule has 0 spiro atoms. The van der Waals surface area contributed by atoms with Gasteiger partial charge in [0.2, 0.25) is 5.91 Å². The lowest BCUT2D eigenvalue weighted by Crippen LogP contribution is -2.59. The molecule has 2 aliphatic heterocycles. The quantitative estimate of drug-likeness (QED) is 0.552. The van der Waals surface area contributed by atoms with Gasteiger partial charge in [0, 0.05) is 33.0 Å². The second-order valence-electron chi connectivity index (χ2n) is 10.9. The standard InChI is InChI=1S/C29H35FN4O5/c1-28(2,3)39-27(37)31-23(15-17-38-22-12-10-21(30)11-13-22)25(35)34-16-14-24-29(19-34,26(36)33(4)32-24)18-20-8-6-5-7-9-20/h5-13,23H,14-19H2,1-4H3,(H,31,37)/t23?,29-/m1/s1. The lowest BCUT2D eigenvalue weighted by Gasteiger charge is -2.40. The number of piperidine rings is 1. The number of amides is 3. The summed E-state index contributed by atoms with van der Waals surface area (Å²) in [5.74, 6) is -0.431. The topological polar surface area (TPSA) is 101 Å². The Morgan fingerprint density at radius 1 is 1.13 bits per heavy atom. The van der Waals surface area contributed by atoms with Crippen LogP contribution in [0.15, 0.2) is 59.7 Å². The molecule has 4 rings (SSSR count). The summed E-state index contributed by atoms with van der Waals surface area (Å²) in [6.45, 7) is 5.82. The number of alkyl carbamates (subject to hydrolysis) is 1. The summed E-state index contributed by atoms with van der Waals surface area (Å²) >= 11 is 0. The third-order valence-electron chi connectivity index (χ3n) is 6.74. The highest BCUT2D eigenvalue weighted by Crippen LogP contribution is 2.38. The van der Waals surface area contributed by atoms with E-state index in [0.29, 0.717) is 25.1 Å². The van der Waals surface area contributed by atoms with E-state index < -0.39 is 23.2 Å². The molecule has 2 aromatic rings. The van der Waals surface area contributed by atoms with Gasteiger partial charge < -0.3 is 19.7 Å². The predicted octanol–water partition coefficient (Wildman–Crippen LogP) is 3.78. The Hall–Kier alpha value is -3.95. The number of ether oxygens (including phenoxy) is 2. The molecule has 10 heteroatoms. The summed E-state index contributed by atoms with van der Waals surface area (Å²) in [7, 11) is 1.63. The summed E-state index contributed by atoms with van der Waals surface area (Å²) in [6.07, 6.45) is 0.279. The maximum absolute atomic E-state index is 13.8. The van der Waals surface area contributed by atoms with Gasteiger partial charge in [0.1, 0.15) is 28.6 Å². The lowest BCUT2D eigenvalue weighted by atomic mass is 9.73. The number of fused-ring (bicyclic) bond motifs is 1. The van der Waals surface area contributed by atoms with Crippen molar-refractivity contribution >= 4 is 23.6 Å². The Morgan fingerprint density at radius 3 is 2.49 bits per heavy atom. The van der Waals surface area contributed by atoms with Crippen LogP contribution in [-0.4, -0.2) is 71.9 Å². The highest BCUT2D eigenvalue weighted by molar-refractivity contribution is 6.13. The molecule has 0 radical (unpaired) electrons. The molecule has 9 nitrogen and oxygen atoms in total. The third-order valence-corrected chi connectivity index (χ3v) is 6.74. The van der Waals surface area contributed by atoms with Crippen molar-refractivity contribution in [1.29, 1.82) is 0 Å². The molecule has 1 fully saturated rings. The Labute approximate surface area is 227 Å². The molecular formula is C29H35FN4O5. The van der Waals surface area contributed by atoms with Gasteiger partial charge in [-0.05, 0) is 57.0 Å². The van der Waals surface area contributed by atoms with E-state index in [1.165, 1.54) is 29.3 Å². The predicted molar refractivity (Wildman–Crippen MR) is 144 cm³/mol. The molecule has 0 bridgehead atoms. The number of hydrogen-bond donors (Lipinski definition) is 1. The minimum Gasteiger partial charge on any atom is -0.493 e. The molecule has 1 saturated heterocycles. The van der Waals surface area contributed by atoms with Crippen molar-refractivity contribution in [3.05, 3.63) is 66.0 Å². The zero-order valence-corrected chi connectivity index (χ0v) is 22.8. The zero-order valence-electron chi connectivity index (χ0n) is 22.8. The molecule has 2 atom stereocenters. The molecule has 1 N–H and O–H groups in total. The first-order valence-corrected chi connectivity index (χ1v) is 13.0. The van der Waals surface area contributed by atoms with E-state index in [0.717, 1.165) is 11.3 Å². The largest absolute Gasteiger partial charge is 0.493 e.